The molecular weight excluding hydrogens is 297 g/mol. The summed E-state index contributed by atoms with van der Waals surface area (Å²) in [6, 6.07) is 5.17. The summed E-state index contributed by atoms with van der Waals surface area (Å²) >= 11 is 3.39. The molecule has 0 aliphatic rings. The van der Waals surface area contributed by atoms with Crippen molar-refractivity contribution < 1.29 is 4.39 Å². The number of aromatic nitrogens is 3. The number of aryl methyl sites for hydroxylation is 1. The van der Waals surface area contributed by atoms with E-state index in [-0.39, 0.29) is 5.82 Å². The third-order valence-electron chi connectivity index (χ3n) is 2.82. The predicted molar refractivity (Wildman–Crippen MR) is 73.1 cm³/mol. The minimum Gasteiger partial charge on any atom is -0.310 e. The van der Waals surface area contributed by atoms with E-state index in [9.17, 15) is 4.39 Å². The molecule has 0 spiro atoms. The molecule has 0 radical (unpaired) electrons. The van der Waals surface area contributed by atoms with Gasteiger partial charge in [0.1, 0.15) is 11.6 Å². The molecule has 0 N–H and O–H groups in total. The topological polar surface area (TPSA) is 30.7 Å². The third kappa shape index (κ3) is 2.46. The average Bonchev–Trinajstić information content (AvgIpc) is 2.76. The number of rotatable bonds is 4. The van der Waals surface area contributed by atoms with Crippen molar-refractivity contribution in [3.8, 4) is 11.4 Å². The van der Waals surface area contributed by atoms with Crippen LogP contribution < -0.4 is 0 Å². The summed E-state index contributed by atoms with van der Waals surface area (Å²) in [7, 11) is 0. The van der Waals surface area contributed by atoms with Gasteiger partial charge in [-0.1, -0.05) is 35.0 Å². The fraction of sp³-hybridized carbons (Fsp3) is 0.385. The van der Waals surface area contributed by atoms with Gasteiger partial charge in [-0.3, -0.25) is 0 Å². The molecular formula is C13H15BrFN3. The molecule has 0 aliphatic carbocycles. The minimum absolute atomic E-state index is 0.209. The van der Waals surface area contributed by atoms with E-state index in [1.807, 2.05) is 10.6 Å². The Bertz CT molecular complexity index is 551. The van der Waals surface area contributed by atoms with Crippen molar-refractivity contribution in [1.29, 1.82) is 0 Å². The lowest BCUT2D eigenvalue weighted by Crippen LogP contribution is -2.04. The molecule has 1 aromatic carbocycles. The molecule has 0 amide bonds. The second kappa shape index (κ2) is 5.61. The van der Waals surface area contributed by atoms with Gasteiger partial charge in [0.25, 0.3) is 0 Å². The van der Waals surface area contributed by atoms with E-state index < -0.39 is 0 Å². The molecule has 2 aromatic rings. The van der Waals surface area contributed by atoms with Crippen LogP contribution in [0.3, 0.4) is 0 Å². The van der Waals surface area contributed by atoms with Crippen molar-refractivity contribution in [3.05, 3.63) is 35.4 Å². The van der Waals surface area contributed by atoms with E-state index >= 15 is 0 Å². The highest BCUT2D eigenvalue weighted by molar-refractivity contribution is 9.08. The minimum atomic E-state index is -0.209. The van der Waals surface area contributed by atoms with E-state index in [1.165, 1.54) is 6.07 Å². The van der Waals surface area contributed by atoms with Gasteiger partial charge < -0.3 is 4.57 Å². The summed E-state index contributed by atoms with van der Waals surface area (Å²) in [5.74, 6) is 1.39. The zero-order valence-corrected chi connectivity index (χ0v) is 12.0. The van der Waals surface area contributed by atoms with Crippen LogP contribution in [-0.4, -0.2) is 14.8 Å². The Kier molecular flexibility index (Phi) is 4.11. The van der Waals surface area contributed by atoms with Gasteiger partial charge in [0.15, 0.2) is 5.82 Å². The fourth-order valence-electron chi connectivity index (χ4n) is 1.84. The van der Waals surface area contributed by atoms with Gasteiger partial charge in [-0.2, -0.15) is 0 Å². The Labute approximate surface area is 114 Å². The van der Waals surface area contributed by atoms with Gasteiger partial charge in [0.05, 0.1) is 5.33 Å². The SMILES string of the molecule is CCCn1c(CBr)nnc1-c1ccc(C)c(F)c1. The van der Waals surface area contributed by atoms with Crippen molar-refractivity contribution in [2.75, 3.05) is 0 Å². The molecule has 1 aromatic heterocycles. The Morgan fingerprint density at radius 3 is 2.72 bits per heavy atom. The van der Waals surface area contributed by atoms with Crippen LogP contribution in [0.2, 0.25) is 0 Å². The molecule has 0 saturated heterocycles. The van der Waals surface area contributed by atoms with Crippen LogP contribution in [0.5, 0.6) is 0 Å². The molecule has 1 heterocycles. The average molecular weight is 312 g/mol. The molecule has 0 bridgehead atoms. The van der Waals surface area contributed by atoms with Crippen molar-refractivity contribution in [1.82, 2.24) is 14.8 Å². The summed E-state index contributed by atoms with van der Waals surface area (Å²) in [4.78, 5) is 0. The van der Waals surface area contributed by atoms with Crippen LogP contribution in [0, 0.1) is 12.7 Å². The molecule has 0 fully saturated rings. The monoisotopic (exact) mass is 311 g/mol. The number of hydrogen-bond acceptors (Lipinski definition) is 2. The van der Waals surface area contributed by atoms with E-state index in [2.05, 4.69) is 33.1 Å². The maximum absolute atomic E-state index is 13.6. The highest BCUT2D eigenvalue weighted by Crippen LogP contribution is 2.22. The lowest BCUT2D eigenvalue weighted by molar-refractivity contribution is 0.618. The van der Waals surface area contributed by atoms with E-state index in [1.54, 1.807) is 13.0 Å². The molecule has 3 nitrogen and oxygen atoms in total. The molecule has 18 heavy (non-hydrogen) atoms. The van der Waals surface area contributed by atoms with Gasteiger partial charge in [-0.25, -0.2) is 4.39 Å². The van der Waals surface area contributed by atoms with E-state index in [0.29, 0.717) is 10.9 Å². The van der Waals surface area contributed by atoms with Crippen LogP contribution >= 0.6 is 15.9 Å². The van der Waals surface area contributed by atoms with Crippen molar-refractivity contribution >= 4 is 15.9 Å². The maximum Gasteiger partial charge on any atom is 0.164 e. The summed E-state index contributed by atoms with van der Waals surface area (Å²) < 4.78 is 15.6. The normalized spacial score (nSPS) is 10.9. The Morgan fingerprint density at radius 1 is 1.33 bits per heavy atom. The van der Waals surface area contributed by atoms with Crippen LogP contribution in [0.25, 0.3) is 11.4 Å². The molecule has 0 aliphatic heterocycles. The van der Waals surface area contributed by atoms with Gasteiger partial charge in [-0.05, 0) is 25.0 Å². The molecule has 96 valence electrons. The first-order valence-electron chi connectivity index (χ1n) is 5.92. The maximum atomic E-state index is 13.6. The number of hydrogen-bond donors (Lipinski definition) is 0. The largest absolute Gasteiger partial charge is 0.310 e. The van der Waals surface area contributed by atoms with E-state index in [4.69, 9.17) is 0 Å². The van der Waals surface area contributed by atoms with E-state index in [0.717, 1.165) is 30.2 Å². The van der Waals surface area contributed by atoms with Gasteiger partial charge in [0.2, 0.25) is 0 Å². The summed E-state index contributed by atoms with van der Waals surface area (Å²) in [5, 5.41) is 8.94. The molecule has 5 heteroatoms. The first-order valence-corrected chi connectivity index (χ1v) is 7.04. The van der Waals surface area contributed by atoms with Crippen molar-refractivity contribution in [2.45, 2.75) is 32.1 Å². The standard InChI is InChI=1S/C13H15BrFN3/c1-3-6-18-12(8-14)16-17-13(18)10-5-4-9(2)11(15)7-10/h4-5,7H,3,6,8H2,1-2H3. The van der Waals surface area contributed by atoms with Crippen LogP contribution in [0.15, 0.2) is 18.2 Å². The van der Waals surface area contributed by atoms with Crippen LogP contribution in [-0.2, 0) is 11.9 Å². The molecule has 0 unspecified atom stereocenters. The smallest absolute Gasteiger partial charge is 0.164 e. The Balaban J connectivity index is 2.49. The lowest BCUT2D eigenvalue weighted by Gasteiger charge is -2.08. The Hall–Kier alpha value is -1.23. The molecule has 2 rings (SSSR count). The fourth-order valence-corrected chi connectivity index (χ4v) is 2.25. The lowest BCUT2D eigenvalue weighted by atomic mass is 10.1. The number of benzene rings is 1. The number of halogens is 2. The molecule has 0 saturated carbocycles. The third-order valence-corrected chi connectivity index (χ3v) is 3.33. The summed E-state index contributed by atoms with van der Waals surface area (Å²) in [6.45, 7) is 4.68. The van der Waals surface area contributed by atoms with Crippen molar-refractivity contribution in [3.63, 3.8) is 0 Å². The predicted octanol–water partition coefficient (Wildman–Crippen LogP) is 3.70. The second-order valence-electron chi connectivity index (χ2n) is 4.19. The number of alkyl halides is 1. The zero-order chi connectivity index (χ0) is 13.1. The first-order chi connectivity index (χ1) is 8.67. The first kappa shape index (κ1) is 13.2. The summed E-state index contributed by atoms with van der Waals surface area (Å²) in [6.07, 6.45) is 0.985. The van der Waals surface area contributed by atoms with Gasteiger partial charge >= 0.3 is 0 Å². The van der Waals surface area contributed by atoms with Gasteiger partial charge in [0, 0.05) is 12.1 Å². The van der Waals surface area contributed by atoms with Gasteiger partial charge in [-0.15, -0.1) is 10.2 Å². The number of nitrogens with zero attached hydrogens (tertiary/aromatic N) is 3. The zero-order valence-electron chi connectivity index (χ0n) is 10.5. The Morgan fingerprint density at radius 2 is 2.11 bits per heavy atom. The molecule has 0 atom stereocenters. The highest BCUT2D eigenvalue weighted by Gasteiger charge is 2.13. The van der Waals surface area contributed by atoms with Crippen LogP contribution in [0.1, 0.15) is 24.7 Å². The van der Waals surface area contributed by atoms with Crippen molar-refractivity contribution in [2.24, 2.45) is 0 Å². The van der Waals surface area contributed by atoms with Crippen LogP contribution in [0.4, 0.5) is 4.39 Å². The quantitative estimate of drug-likeness (QED) is 0.806. The highest BCUT2D eigenvalue weighted by atomic mass is 79.9. The second-order valence-corrected chi connectivity index (χ2v) is 4.75. The summed E-state index contributed by atoms with van der Waals surface area (Å²) in [5.41, 5.74) is 1.41.